The van der Waals surface area contributed by atoms with Crippen molar-refractivity contribution in [3.05, 3.63) is 101 Å². The number of aromatic nitrogens is 3. The summed E-state index contributed by atoms with van der Waals surface area (Å²) in [5.41, 5.74) is 1.82. The van der Waals surface area contributed by atoms with E-state index < -0.39 is 0 Å². The zero-order valence-corrected chi connectivity index (χ0v) is 16.9. The molecule has 0 radical (unpaired) electrons. The fraction of sp³-hybridized carbons (Fsp3) is 0.217. The molecule has 2 aromatic carbocycles. The highest BCUT2D eigenvalue weighted by Gasteiger charge is 2.31. The van der Waals surface area contributed by atoms with Crippen molar-refractivity contribution >= 4 is 11.8 Å². The molecule has 5 rings (SSSR count). The molecular weight excluding hydrogens is 404 g/mol. The van der Waals surface area contributed by atoms with E-state index in [1.165, 1.54) is 36.0 Å². The molecule has 1 fully saturated rings. The predicted octanol–water partition coefficient (Wildman–Crippen LogP) is 5.96. The summed E-state index contributed by atoms with van der Waals surface area (Å²) < 4.78 is 34.7. The van der Waals surface area contributed by atoms with Gasteiger partial charge in [0.15, 0.2) is 5.16 Å². The topological polar surface area (TPSA) is 43.9 Å². The molecule has 1 aliphatic rings. The number of nitrogens with zero attached hydrogens (tertiary/aromatic N) is 3. The predicted molar refractivity (Wildman–Crippen MR) is 110 cm³/mol. The fourth-order valence-corrected chi connectivity index (χ4v) is 4.62. The van der Waals surface area contributed by atoms with Crippen LogP contribution in [0.25, 0.3) is 0 Å². The second kappa shape index (κ2) is 8.07. The van der Waals surface area contributed by atoms with Crippen LogP contribution in [0.5, 0.6) is 0 Å². The van der Waals surface area contributed by atoms with Gasteiger partial charge in [0, 0.05) is 5.92 Å². The number of hydrogen-bond donors (Lipinski definition) is 0. The summed E-state index contributed by atoms with van der Waals surface area (Å²) >= 11 is 1.52. The Morgan fingerprint density at radius 2 is 1.57 bits per heavy atom. The van der Waals surface area contributed by atoms with Gasteiger partial charge in [-0.05, 0) is 60.4 Å². The third kappa shape index (κ3) is 4.03. The van der Waals surface area contributed by atoms with Crippen molar-refractivity contribution in [3.63, 3.8) is 0 Å². The summed E-state index contributed by atoms with van der Waals surface area (Å²) in [6.07, 6.45) is 3.88. The molecule has 0 aliphatic heterocycles. The van der Waals surface area contributed by atoms with Crippen molar-refractivity contribution in [1.82, 2.24) is 14.8 Å². The number of halogens is 2. The van der Waals surface area contributed by atoms with Gasteiger partial charge in [0.25, 0.3) is 0 Å². The Balaban J connectivity index is 1.53. The molecule has 4 nitrogen and oxygen atoms in total. The Kier molecular flexibility index (Phi) is 5.12. The minimum Gasteiger partial charge on any atom is -0.467 e. The highest BCUT2D eigenvalue weighted by Crippen LogP contribution is 2.44. The summed E-state index contributed by atoms with van der Waals surface area (Å²) in [6, 6.07) is 16.6. The van der Waals surface area contributed by atoms with Gasteiger partial charge in [-0.15, -0.1) is 10.2 Å². The highest BCUT2D eigenvalue weighted by atomic mass is 32.2. The van der Waals surface area contributed by atoms with Crippen LogP contribution in [0.4, 0.5) is 8.78 Å². The van der Waals surface area contributed by atoms with Gasteiger partial charge in [0.2, 0.25) is 0 Å². The number of benzene rings is 2. The van der Waals surface area contributed by atoms with Gasteiger partial charge in [-0.3, -0.25) is 4.57 Å². The van der Waals surface area contributed by atoms with E-state index in [1.54, 1.807) is 30.5 Å². The average Bonchev–Trinajstić information content (AvgIpc) is 3.32. The van der Waals surface area contributed by atoms with Gasteiger partial charge in [-0.2, -0.15) is 0 Å². The fourth-order valence-electron chi connectivity index (χ4n) is 3.45. The molecule has 0 unspecified atom stereocenters. The first-order valence-corrected chi connectivity index (χ1v) is 10.7. The number of rotatable bonds is 7. The lowest BCUT2D eigenvalue weighted by Gasteiger charge is -2.18. The van der Waals surface area contributed by atoms with Crippen LogP contribution >= 0.6 is 11.8 Å². The minimum absolute atomic E-state index is 0.183. The molecular formula is C23H19F2N3OS. The third-order valence-electron chi connectivity index (χ3n) is 5.15. The minimum atomic E-state index is -0.293. The molecule has 1 saturated carbocycles. The second-order valence-electron chi connectivity index (χ2n) is 7.38. The first kappa shape index (κ1) is 19.1. The smallest absolute Gasteiger partial charge is 0.192 e. The second-order valence-corrected chi connectivity index (χ2v) is 8.45. The largest absolute Gasteiger partial charge is 0.467 e. The van der Waals surface area contributed by atoms with E-state index in [4.69, 9.17) is 4.42 Å². The molecule has 4 aromatic rings. The van der Waals surface area contributed by atoms with Crippen LogP contribution in [0, 0.1) is 11.6 Å². The van der Waals surface area contributed by atoms with Crippen LogP contribution in [0.3, 0.4) is 0 Å². The van der Waals surface area contributed by atoms with Crippen molar-refractivity contribution in [1.29, 1.82) is 0 Å². The Morgan fingerprint density at radius 1 is 0.933 bits per heavy atom. The molecule has 0 bridgehead atoms. The summed E-state index contributed by atoms with van der Waals surface area (Å²) in [5.74, 6) is 1.64. The molecule has 0 saturated heterocycles. The lowest BCUT2D eigenvalue weighted by Crippen LogP contribution is -2.07. The van der Waals surface area contributed by atoms with Gasteiger partial charge < -0.3 is 4.42 Å². The average molecular weight is 423 g/mol. The van der Waals surface area contributed by atoms with E-state index in [0.29, 0.717) is 12.5 Å². The van der Waals surface area contributed by atoms with Crippen LogP contribution in [-0.2, 0) is 6.54 Å². The maximum atomic E-state index is 13.5. The lowest BCUT2D eigenvalue weighted by molar-refractivity contribution is 0.478. The first-order chi connectivity index (χ1) is 14.7. The van der Waals surface area contributed by atoms with E-state index in [-0.39, 0.29) is 16.9 Å². The van der Waals surface area contributed by atoms with E-state index in [9.17, 15) is 8.78 Å². The monoisotopic (exact) mass is 423 g/mol. The van der Waals surface area contributed by atoms with Crippen molar-refractivity contribution in [2.24, 2.45) is 0 Å². The number of thioether (sulfide) groups is 1. The normalized spacial score (nSPS) is 13.8. The van der Waals surface area contributed by atoms with Crippen molar-refractivity contribution < 1.29 is 13.2 Å². The highest BCUT2D eigenvalue weighted by molar-refractivity contribution is 7.99. The Hall–Kier alpha value is -2.93. The van der Waals surface area contributed by atoms with Gasteiger partial charge in [0.1, 0.15) is 23.2 Å². The van der Waals surface area contributed by atoms with E-state index in [2.05, 4.69) is 14.8 Å². The molecule has 0 N–H and O–H groups in total. The summed E-state index contributed by atoms with van der Waals surface area (Å²) in [4.78, 5) is 0. The molecule has 2 aromatic heterocycles. The van der Waals surface area contributed by atoms with E-state index >= 15 is 0 Å². The van der Waals surface area contributed by atoms with Gasteiger partial charge in [-0.25, -0.2) is 8.78 Å². The Bertz CT molecular complexity index is 1070. The SMILES string of the molecule is Fc1ccc(C(Sc2nnc(C3CC3)n2Cc2ccco2)c2ccc(F)cc2)cc1. The first-order valence-electron chi connectivity index (χ1n) is 9.80. The van der Waals surface area contributed by atoms with Crippen molar-refractivity contribution in [3.8, 4) is 0 Å². The maximum absolute atomic E-state index is 13.5. The molecule has 1 aliphatic carbocycles. The van der Waals surface area contributed by atoms with Crippen molar-refractivity contribution in [2.75, 3.05) is 0 Å². The molecule has 152 valence electrons. The molecule has 30 heavy (non-hydrogen) atoms. The standard InChI is InChI=1S/C23H19F2N3OS/c24-18-9-5-15(6-10-18)21(16-7-11-19(25)12-8-16)30-23-27-26-22(17-3-4-17)28(23)14-20-2-1-13-29-20/h1-2,5-13,17,21H,3-4,14H2. The van der Waals surface area contributed by atoms with E-state index in [0.717, 1.165) is 40.7 Å². The van der Waals surface area contributed by atoms with Crippen LogP contribution in [0.15, 0.2) is 76.5 Å². The lowest BCUT2D eigenvalue weighted by atomic mass is 10.0. The summed E-state index contributed by atoms with van der Waals surface area (Å²) in [7, 11) is 0. The van der Waals surface area contributed by atoms with Gasteiger partial charge in [0.05, 0.1) is 18.1 Å². The summed E-state index contributed by atoms with van der Waals surface area (Å²) in [5, 5.41) is 9.50. The quantitative estimate of drug-likeness (QED) is 0.344. The van der Waals surface area contributed by atoms with Crippen LogP contribution in [0.1, 0.15) is 46.7 Å². The third-order valence-corrected chi connectivity index (χ3v) is 6.44. The molecule has 0 amide bonds. The zero-order chi connectivity index (χ0) is 20.5. The Labute approximate surface area is 176 Å². The number of furan rings is 1. The summed E-state index contributed by atoms with van der Waals surface area (Å²) in [6.45, 7) is 0.549. The zero-order valence-electron chi connectivity index (χ0n) is 16.0. The number of hydrogen-bond acceptors (Lipinski definition) is 4. The van der Waals surface area contributed by atoms with Crippen LogP contribution in [-0.4, -0.2) is 14.8 Å². The maximum Gasteiger partial charge on any atom is 0.192 e. The van der Waals surface area contributed by atoms with Crippen molar-refractivity contribution in [2.45, 2.75) is 35.7 Å². The Morgan fingerprint density at radius 3 is 2.10 bits per heavy atom. The molecule has 7 heteroatoms. The molecule has 0 atom stereocenters. The molecule has 2 heterocycles. The van der Waals surface area contributed by atoms with Gasteiger partial charge >= 0.3 is 0 Å². The van der Waals surface area contributed by atoms with Gasteiger partial charge in [-0.1, -0.05) is 36.0 Å². The molecule has 0 spiro atoms. The van der Waals surface area contributed by atoms with Crippen LogP contribution < -0.4 is 0 Å². The van der Waals surface area contributed by atoms with E-state index in [1.807, 2.05) is 12.1 Å². The van der Waals surface area contributed by atoms with Crippen LogP contribution in [0.2, 0.25) is 0 Å².